The maximum atomic E-state index is 14.0. The van der Waals surface area contributed by atoms with Gasteiger partial charge in [0.2, 0.25) is 0 Å². The Morgan fingerprint density at radius 2 is 1.76 bits per heavy atom. The van der Waals surface area contributed by atoms with Crippen LogP contribution in [0.5, 0.6) is 5.75 Å². The first-order valence-electron chi connectivity index (χ1n) is 10.7. The molecule has 1 fully saturated rings. The average Bonchev–Trinajstić information content (AvgIpc) is 3.48. The van der Waals surface area contributed by atoms with Gasteiger partial charge in [-0.3, -0.25) is 9.59 Å². The van der Waals surface area contributed by atoms with Crippen LogP contribution in [0, 0.1) is 28.1 Å². The number of carbonyl (C=O) groups is 2. The SMILES string of the molecule is CC(=O)Oc1ccc(C(=O)[C@H]2[C@H](c3ccco3)C(C#N)(C#N)[C@H]3C=Cc4ccccc4N23)cc1. The Bertz CT molecular complexity index is 1360. The summed E-state index contributed by atoms with van der Waals surface area (Å²) in [5.41, 5.74) is 0.482. The highest BCUT2D eigenvalue weighted by Gasteiger charge is 2.64. The van der Waals surface area contributed by atoms with Gasteiger partial charge in [-0.1, -0.05) is 30.4 Å². The minimum atomic E-state index is -1.56. The lowest BCUT2D eigenvalue weighted by Crippen LogP contribution is -2.44. The van der Waals surface area contributed by atoms with Crippen LogP contribution in [0.15, 0.2) is 77.4 Å². The Kier molecular flexibility index (Phi) is 5.03. The summed E-state index contributed by atoms with van der Waals surface area (Å²) >= 11 is 0. The number of ether oxygens (including phenoxy) is 1. The van der Waals surface area contributed by atoms with Crippen molar-refractivity contribution in [1.82, 2.24) is 0 Å². The molecule has 0 amide bonds. The van der Waals surface area contributed by atoms with E-state index in [4.69, 9.17) is 9.15 Å². The molecule has 34 heavy (non-hydrogen) atoms. The standard InChI is InChI=1S/C27H19N3O4/c1-17(31)34-20-11-8-19(9-12-20)26(32)25-24(22-7-4-14-33-22)27(15-28,16-29)23-13-10-18-5-2-3-6-21(18)30(23)25/h2-14,23-25H,1H3/t23-,24+,25-/m1/s1. The number of nitriles is 2. The average molecular weight is 449 g/mol. The molecule has 2 aromatic carbocycles. The number of ketones is 1. The molecule has 7 nitrogen and oxygen atoms in total. The number of furan rings is 1. The third kappa shape index (κ3) is 3.10. The van der Waals surface area contributed by atoms with Gasteiger partial charge in [0.15, 0.2) is 11.2 Å². The number of Topliss-reactive ketones (excluding diaryl/α,β-unsaturated/α-hetero) is 1. The predicted molar refractivity (Wildman–Crippen MR) is 123 cm³/mol. The van der Waals surface area contributed by atoms with Crippen LogP contribution in [0.3, 0.4) is 0 Å². The largest absolute Gasteiger partial charge is 0.469 e. The normalized spacial score (nSPS) is 21.6. The van der Waals surface area contributed by atoms with E-state index in [9.17, 15) is 20.1 Å². The van der Waals surface area contributed by atoms with Gasteiger partial charge in [0.05, 0.1) is 30.4 Å². The van der Waals surface area contributed by atoms with E-state index < -0.39 is 29.4 Å². The summed E-state index contributed by atoms with van der Waals surface area (Å²) in [4.78, 5) is 27.2. The van der Waals surface area contributed by atoms with Crippen molar-refractivity contribution < 1.29 is 18.7 Å². The Morgan fingerprint density at radius 3 is 2.41 bits per heavy atom. The van der Waals surface area contributed by atoms with Crippen LogP contribution in [0.2, 0.25) is 0 Å². The van der Waals surface area contributed by atoms with Crippen molar-refractivity contribution in [3.05, 3.63) is 89.9 Å². The number of para-hydroxylation sites is 1. The summed E-state index contributed by atoms with van der Waals surface area (Å²) in [5, 5.41) is 20.7. The van der Waals surface area contributed by atoms with Gasteiger partial charge in [-0.05, 0) is 48.0 Å². The van der Waals surface area contributed by atoms with E-state index >= 15 is 0 Å². The third-order valence-electron chi connectivity index (χ3n) is 6.43. The maximum Gasteiger partial charge on any atom is 0.308 e. The molecular formula is C27H19N3O4. The van der Waals surface area contributed by atoms with Gasteiger partial charge in [-0.15, -0.1) is 0 Å². The van der Waals surface area contributed by atoms with Crippen molar-refractivity contribution in [2.75, 3.05) is 4.90 Å². The molecule has 2 aliphatic heterocycles. The van der Waals surface area contributed by atoms with Gasteiger partial charge in [-0.25, -0.2) is 0 Å². The smallest absolute Gasteiger partial charge is 0.308 e. The van der Waals surface area contributed by atoms with E-state index in [0.717, 1.165) is 11.3 Å². The molecule has 0 saturated carbocycles. The van der Waals surface area contributed by atoms with E-state index in [1.165, 1.54) is 13.2 Å². The van der Waals surface area contributed by atoms with E-state index in [-0.39, 0.29) is 5.78 Å². The zero-order valence-electron chi connectivity index (χ0n) is 18.2. The molecule has 0 unspecified atom stereocenters. The Hall–Kier alpha value is -4.62. The molecule has 0 spiro atoms. The molecule has 0 N–H and O–H groups in total. The fourth-order valence-electron chi connectivity index (χ4n) is 5.03. The highest BCUT2D eigenvalue weighted by Crippen LogP contribution is 2.55. The number of nitrogens with zero attached hydrogens (tertiary/aromatic N) is 3. The summed E-state index contributed by atoms with van der Waals surface area (Å²) in [6.45, 7) is 1.30. The number of esters is 1. The minimum Gasteiger partial charge on any atom is -0.469 e. The van der Waals surface area contributed by atoms with Crippen molar-refractivity contribution >= 4 is 23.5 Å². The number of benzene rings is 2. The molecule has 3 heterocycles. The highest BCUT2D eigenvalue weighted by molar-refractivity contribution is 6.04. The first-order chi connectivity index (χ1) is 16.5. The van der Waals surface area contributed by atoms with Crippen LogP contribution in [0.4, 0.5) is 5.69 Å². The van der Waals surface area contributed by atoms with Crippen LogP contribution >= 0.6 is 0 Å². The lowest BCUT2D eigenvalue weighted by molar-refractivity contribution is -0.131. The number of hydrogen-bond donors (Lipinski definition) is 0. The van der Waals surface area contributed by atoms with Gasteiger partial charge in [0, 0.05) is 18.2 Å². The first kappa shape index (κ1) is 21.2. The summed E-state index contributed by atoms with van der Waals surface area (Å²) in [5.74, 6) is -0.832. The fraction of sp³-hybridized carbons (Fsp3) is 0.185. The van der Waals surface area contributed by atoms with Gasteiger partial charge in [0.25, 0.3) is 0 Å². The summed E-state index contributed by atoms with van der Waals surface area (Å²) in [6.07, 6.45) is 5.19. The fourth-order valence-corrected chi connectivity index (χ4v) is 5.03. The van der Waals surface area contributed by atoms with Crippen molar-refractivity contribution in [2.24, 2.45) is 5.41 Å². The second-order valence-electron chi connectivity index (χ2n) is 8.28. The van der Waals surface area contributed by atoms with E-state index in [2.05, 4.69) is 12.1 Å². The minimum absolute atomic E-state index is 0.266. The van der Waals surface area contributed by atoms with Crippen LogP contribution < -0.4 is 9.64 Å². The summed E-state index contributed by atoms with van der Waals surface area (Å²) < 4.78 is 10.8. The zero-order chi connectivity index (χ0) is 23.9. The topological polar surface area (TPSA) is 107 Å². The highest BCUT2D eigenvalue weighted by atomic mass is 16.5. The number of fused-ring (bicyclic) bond motifs is 3. The monoisotopic (exact) mass is 449 g/mol. The maximum absolute atomic E-state index is 14.0. The molecule has 1 saturated heterocycles. The lowest BCUT2D eigenvalue weighted by Gasteiger charge is -2.35. The van der Waals surface area contributed by atoms with Gasteiger partial charge in [0.1, 0.15) is 17.6 Å². The van der Waals surface area contributed by atoms with Gasteiger partial charge < -0.3 is 14.1 Å². The number of hydrogen-bond acceptors (Lipinski definition) is 7. The molecule has 5 rings (SSSR count). The molecule has 0 aliphatic carbocycles. The van der Waals surface area contributed by atoms with Gasteiger partial charge >= 0.3 is 5.97 Å². The molecule has 0 bridgehead atoms. The second kappa shape index (κ2) is 8.06. The molecule has 3 aromatic rings. The number of anilines is 1. The Labute approximate surface area is 196 Å². The first-order valence-corrected chi connectivity index (χ1v) is 10.7. The van der Waals surface area contributed by atoms with Crippen LogP contribution in [-0.4, -0.2) is 23.8 Å². The third-order valence-corrected chi connectivity index (χ3v) is 6.43. The van der Waals surface area contributed by atoms with Crippen LogP contribution in [-0.2, 0) is 4.79 Å². The summed E-state index contributed by atoms with van der Waals surface area (Å²) in [7, 11) is 0. The van der Waals surface area contributed by atoms with E-state index in [1.807, 2.05) is 41.3 Å². The van der Waals surface area contributed by atoms with Crippen molar-refractivity contribution in [3.8, 4) is 17.9 Å². The zero-order valence-corrected chi connectivity index (χ0v) is 18.2. The predicted octanol–water partition coefficient (Wildman–Crippen LogP) is 4.49. The van der Waals surface area contributed by atoms with E-state index in [1.54, 1.807) is 36.4 Å². The second-order valence-corrected chi connectivity index (χ2v) is 8.28. The van der Waals surface area contributed by atoms with Crippen molar-refractivity contribution in [3.63, 3.8) is 0 Å². The molecular weight excluding hydrogens is 430 g/mol. The quantitative estimate of drug-likeness (QED) is 0.328. The summed E-state index contributed by atoms with van der Waals surface area (Å²) in [6, 6.07) is 20.2. The molecule has 3 atom stereocenters. The van der Waals surface area contributed by atoms with Crippen LogP contribution in [0.1, 0.15) is 34.5 Å². The Balaban J connectivity index is 1.68. The van der Waals surface area contributed by atoms with Crippen LogP contribution in [0.25, 0.3) is 6.08 Å². The molecule has 166 valence electrons. The molecule has 0 radical (unpaired) electrons. The molecule has 2 aliphatic rings. The van der Waals surface area contributed by atoms with Crippen molar-refractivity contribution in [2.45, 2.75) is 24.9 Å². The Morgan fingerprint density at radius 1 is 1.03 bits per heavy atom. The molecule has 7 heteroatoms. The number of rotatable bonds is 4. The number of carbonyl (C=O) groups excluding carboxylic acids is 2. The van der Waals surface area contributed by atoms with E-state index in [0.29, 0.717) is 17.1 Å². The van der Waals surface area contributed by atoms with Gasteiger partial charge in [-0.2, -0.15) is 10.5 Å². The van der Waals surface area contributed by atoms with Crippen molar-refractivity contribution in [1.29, 1.82) is 10.5 Å². The lowest BCUT2D eigenvalue weighted by atomic mass is 9.71. The molecule has 1 aromatic heterocycles.